The molecule has 14 heavy (non-hydrogen) atoms. The maximum Gasteiger partial charge on any atom is 0.255 e. The van der Waals surface area contributed by atoms with Crippen molar-refractivity contribution in [3.63, 3.8) is 0 Å². The van der Waals surface area contributed by atoms with E-state index >= 15 is 0 Å². The highest BCUT2D eigenvalue weighted by Crippen LogP contribution is 2.03. The Balaban J connectivity index is 2.96. The fourth-order valence-corrected chi connectivity index (χ4v) is 1.05. The molecule has 1 heterocycles. The van der Waals surface area contributed by atoms with E-state index in [0.29, 0.717) is 17.8 Å². The number of nitrogen functional groups attached to an aromatic ring is 1. The molecule has 5 nitrogen and oxygen atoms in total. The summed E-state index contributed by atoms with van der Waals surface area (Å²) >= 11 is 0. The van der Waals surface area contributed by atoms with E-state index in [1.165, 1.54) is 0 Å². The van der Waals surface area contributed by atoms with Crippen LogP contribution in [0, 0.1) is 6.92 Å². The van der Waals surface area contributed by atoms with Gasteiger partial charge in [0.1, 0.15) is 11.6 Å². The number of nitrogens with two attached hydrogens (primary N) is 1. The molecule has 0 spiro atoms. The minimum Gasteiger partial charge on any atom is -0.383 e. The molecule has 0 bridgehead atoms. The van der Waals surface area contributed by atoms with Crippen LogP contribution in [0.25, 0.3) is 0 Å². The molecule has 0 amide bonds. The van der Waals surface area contributed by atoms with Crippen molar-refractivity contribution in [2.24, 2.45) is 0 Å². The molecule has 3 N–H and O–H groups in total. The third-order valence-electron chi connectivity index (χ3n) is 2.12. The van der Waals surface area contributed by atoms with Crippen molar-refractivity contribution >= 4 is 5.82 Å². The Bertz CT molecular complexity index is 373. The van der Waals surface area contributed by atoms with Crippen LogP contribution in [0.15, 0.2) is 4.79 Å². The first-order valence-electron chi connectivity index (χ1n) is 4.42. The van der Waals surface area contributed by atoms with Crippen molar-refractivity contribution in [3.05, 3.63) is 21.7 Å². The topological polar surface area (TPSA) is 81.0 Å². The monoisotopic (exact) mass is 197 g/mol. The zero-order valence-electron chi connectivity index (χ0n) is 8.63. The average Bonchev–Trinajstić information content (AvgIpc) is 2.14. The summed E-state index contributed by atoms with van der Waals surface area (Å²) < 4.78 is 5.06. The Morgan fingerprint density at radius 3 is 2.79 bits per heavy atom. The van der Waals surface area contributed by atoms with Crippen LogP contribution in [0.3, 0.4) is 0 Å². The van der Waals surface area contributed by atoms with Gasteiger partial charge in [-0.3, -0.25) is 4.79 Å². The Morgan fingerprint density at radius 1 is 1.64 bits per heavy atom. The van der Waals surface area contributed by atoms with E-state index in [0.717, 1.165) is 0 Å². The zero-order chi connectivity index (χ0) is 10.7. The van der Waals surface area contributed by atoms with Gasteiger partial charge in [-0.2, -0.15) is 0 Å². The van der Waals surface area contributed by atoms with E-state index in [9.17, 15) is 4.79 Å². The van der Waals surface area contributed by atoms with Gasteiger partial charge < -0.3 is 15.5 Å². The molecule has 1 rings (SSSR count). The Morgan fingerprint density at radius 2 is 2.29 bits per heavy atom. The number of nitrogens with zero attached hydrogens (tertiary/aromatic N) is 1. The number of ether oxygens (including phenoxy) is 1. The lowest BCUT2D eigenvalue weighted by molar-refractivity contribution is 0.117. The highest BCUT2D eigenvalue weighted by molar-refractivity contribution is 5.36. The predicted molar refractivity (Wildman–Crippen MR) is 54.2 cm³/mol. The molecule has 0 fully saturated rings. The molecule has 0 aliphatic carbocycles. The largest absolute Gasteiger partial charge is 0.383 e. The van der Waals surface area contributed by atoms with Crippen LogP contribution in [-0.2, 0) is 11.2 Å². The fourth-order valence-electron chi connectivity index (χ4n) is 1.05. The molecule has 0 aromatic carbocycles. The summed E-state index contributed by atoms with van der Waals surface area (Å²) in [6.45, 7) is 3.54. The first-order chi connectivity index (χ1) is 6.54. The summed E-state index contributed by atoms with van der Waals surface area (Å²) in [5, 5.41) is 0. The normalized spacial score (nSPS) is 12.8. The lowest BCUT2D eigenvalue weighted by Gasteiger charge is -2.09. The van der Waals surface area contributed by atoms with Gasteiger partial charge in [0.15, 0.2) is 0 Å². The molecule has 5 heteroatoms. The minimum atomic E-state index is -0.184. The molecule has 1 aromatic heterocycles. The standard InChI is InChI=1S/C9H15N3O2/c1-5(14-3)4-7-11-8(10)6(2)9(13)12-7/h5H,4H2,1-3H3,(H3,10,11,12,13). The maximum atomic E-state index is 11.3. The number of aromatic nitrogens is 2. The molecule has 78 valence electrons. The third-order valence-corrected chi connectivity index (χ3v) is 2.12. The summed E-state index contributed by atoms with van der Waals surface area (Å²) in [4.78, 5) is 18.0. The van der Waals surface area contributed by atoms with Crippen molar-refractivity contribution in [2.45, 2.75) is 26.4 Å². The van der Waals surface area contributed by atoms with E-state index in [1.54, 1.807) is 14.0 Å². The Labute approximate surface area is 82.3 Å². The van der Waals surface area contributed by atoms with Crippen molar-refractivity contribution < 1.29 is 4.74 Å². The Hall–Kier alpha value is -1.36. The number of hydrogen-bond acceptors (Lipinski definition) is 4. The van der Waals surface area contributed by atoms with Crippen LogP contribution in [0.2, 0.25) is 0 Å². The number of nitrogens with one attached hydrogen (secondary N) is 1. The van der Waals surface area contributed by atoms with Gasteiger partial charge in [0.25, 0.3) is 5.56 Å². The predicted octanol–water partition coefficient (Wildman–Crippen LogP) is 0.238. The van der Waals surface area contributed by atoms with Crippen LogP contribution in [0.5, 0.6) is 0 Å². The van der Waals surface area contributed by atoms with Gasteiger partial charge in [-0.25, -0.2) is 4.98 Å². The molecular weight excluding hydrogens is 182 g/mol. The molecule has 1 unspecified atom stereocenters. The summed E-state index contributed by atoms with van der Waals surface area (Å²) in [5.74, 6) is 0.847. The second-order valence-electron chi connectivity index (χ2n) is 3.27. The number of anilines is 1. The number of aromatic amines is 1. The lowest BCUT2D eigenvalue weighted by atomic mass is 10.2. The fraction of sp³-hybridized carbons (Fsp3) is 0.556. The second-order valence-corrected chi connectivity index (χ2v) is 3.27. The first-order valence-corrected chi connectivity index (χ1v) is 4.42. The van der Waals surface area contributed by atoms with Crippen molar-refractivity contribution in [2.75, 3.05) is 12.8 Å². The van der Waals surface area contributed by atoms with Crippen LogP contribution >= 0.6 is 0 Å². The van der Waals surface area contributed by atoms with Gasteiger partial charge in [-0.05, 0) is 13.8 Å². The summed E-state index contributed by atoms with van der Waals surface area (Å²) in [6.07, 6.45) is 0.566. The molecule has 0 radical (unpaired) electrons. The average molecular weight is 197 g/mol. The van der Waals surface area contributed by atoms with Gasteiger partial charge >= 0.3 is 0 Å². The van der Waals surface area contributed by atoms with Crippen LogP contribution < -0.4 is 11.3 Å². The van der Waals surface area contributed by atoms with E-state index < -0.39 is 0 Å². The van der Waals surface area contributed by atoms with Crippen LogP contribution in [-0.4, -0.2) is 23.2 Å². The minimum absolute atomic E-state index is 0.0141. The van der Waals surface area contributed by atoms with Gasteiger partial charge in [0, 0.05) is 13.5 Å². The van der Waals surface area contributed by atoms with Gasteiger partial charge in [0.05, 0.1) is 11.7 Å². The van der Waals surface area contributed by atoms with Gasteiger partial charge in [0.2, 0.25) is 0 Å². The highest BCUT2D eigenvalue weighted by Gasteiger charge is 2.07. The highest BCUT2D eigenvalue weighted by atomic mass is 16.5. The van der Waals surface area contributed by atoms with Gasteiger partial charge in [-0.15, -0.1) is 0 Å². The van der Waals surface area contributed by atoms with Gasteiger partial charge in [-0.1, -0.05) is 0 Å². The molecule has 0 saturated carbocycles. The molecular formula is C9H15N3O2. The first kappa shape index (κ1) is 10.7. The molecule has 0 aliphatic rings. The van der Waals surface area contributed by atoms with E-state index in [1.807, 2.05) is 6.92 Å². The van der Waals surface area contributed by atoms with Crippen LogP contribution in [0.4, 0.5) is 5.82 Å². The number of rotatable bonds is 3. The molecule has 1 atom stereocenters. The molecule has 0 saturated heterocycles. The molecule has 1 aromatic rings. The van der Waals surface area contributed by atoms with Crippen molar-refractivity contribution in [1.82, 2.24) is 9.97 Å². The van der Waals surface area contributed by atoms with E-state index in [4.69, 9.17) is 10.5 Å². The summed E-state index contributed by atoms with van der Waals surface area (Å²) in [6, 6.07) is 0. The lowest BCUT2D eigenvalue weighted by Crippen LogP contribution is -2.20. The summed E-state index contributed by atoms with van der Waals surface area (Å²) in [5.41, 5.74) is 5.84. The van der Waals surface area contributed by atoms with Crippen molar-refractivity contribution in [1.29, 1.82) is 0 Å². The third kappa shape index (κ3) is 2.32. The smallest absolute Gasteiger partial charge is 0.255 e. The second kappa shape index (κ2) is 4.23. The van der Waals surface area contributed by atoms with Crippen LogP contribution in [0.1, 0.15) is 18.3 Å². The SMILES string of the molecule is COC(C)Cc1nc(N)c(C)c(=O)[nH]1. The number of H-pyrrole nitrogens is 1. The summed E-state index contributed by atoms with van der Waals surface area (Å²) in [7, 11) is 1.61. The quantitative estimate of drug-likeness (QED) is 0.727. The number of methoxy groups -OCH3 is 1. The molecule has 0 aliphatic heterocycles. The maximum absolute atomic E-state index is 11.3. The number of hydrogen-bond donors (Lipinski definition) is 2. The van der Waals surface area contributed by atoms with E-state index in [2.05, 4.69) is 9.97 Å². The van der Waals surface area contributed by atoms with Crippen molar-refractivity contribution in [3.8, 4) is 0 Å². The van der Waals surface area contributed by atoms with E-state index in [-0.39, 0.29) is 17.5 Å². The zero-order valence-corrected chi connectivity index (χ0v) is 8.63. The Kier molecular flexibility index (Phi) is 3.24.